The van der Waals surface area contributed by atoms with Crippen molar-refractivity contribution in [3.63, 3.8) is 0 Å². The monoisotopic (exact) mass is 362 g/mol. The summed E-state index contributed by atoms with van der Waals surface area (Å²) in [7, 11) is 0. The molecule has 3 N–H and O–H groups in total. The maximum absolute atomic E-state index is 12.7. The number of aromatic nitrogens is 1. The van der Waals surface area contributed by atoms with Crippen LogP contribution >= 0.6 is 0 Å². The predicted octanol–water partition coefficient (Wildman–Crippen LogP) is 2.82. The van der Waals surface area contributed by atoms with Gasteiger partial charge in [-0.2, -0.15) is 8.78 Å². The van der Waals surface area contributed by atoms with Crippen molar-refractivity contribution in [3.05, 3.63) is 64.1 Å². The molecule has 0 unspecified atom stereocenters. The quantitative estimate of drug-likeness (QED) is 0.709. The van der Waals surface area contributed by atoms with E-state index in [1.807, 2.05) is 18.2 Å². The second-order valence-electron chi connectivity index (χ2n) is 6.20. The van der Waals surface area contributed by atoms with Crippen molar-refractivity contribution in [2.75, 3.05) is 5.32 Å². The molecule has 1 aliphatic carbocycles. The van der Waals surface area contributed by atoms with E-state index in [4.69, 9.17) is 0 Å². The van der Waals surface area contributed by atoms with E-state index < -0.39 is 12.1 Å². The van der Waals surface area contributed by atoms with Gasteiger partial charge in [0.15, 0.2) is 0 Å². The molecule has 0 radical (unpaired) electrons. The van der Waals surface area contributed by atoms with E-state index in [1.165, 1.54) is 12.1 Å². The lowest BCUT2D eigenvalue weighted by Crippen LogP contribution is -2.30. The van der Waals surface area contributed by atoms with Crippen LogP contribution in [0.4, 0.5) is 19.3 Å². The first-order valence-electron chi connectivity index (χ1n) is 8.38. The Kier molecular flexibility index (Phi) is 5.62. The molecule has 2 amide bonds. The minimum atomic E-state index is -2.85. The number of rotatable bonds is 7. The van der Waals surface area contributed by atoms with Gasteiger partial charge in [-0.25, -0.2) is 4.79 Å². The van der Waals surface area contributed by atoms with Crippen LogP contribution in [0.2, 0.25) is 0 Å². The molecule has 3 rings (SSSR count). The van der Waals surface area contributed by atoms with Gasteiger partial charge in [0.25, 0.3) is 5.56 Å². The molecule has 0 aliphatic heterocycles. The molecule has 26 heavy (non-hydrogen) atoms. The molecule has 0 bridgehead atoms. The summed E-state index contributed by atoms with van der Waals surface area (Å²) in [6.07, 6.45) is 3.10. The number of hydrogen-bond acceptors (Lipinski definition) is 3. The highest BCUT2D eigenvalue weighted by Gasteiger charge is 2.23. The Bertz CT molecular complexity index is 834. The zero-order valence-corrected chi connectivity index (χ0v) is 14.0. The number of hydrogen-bond donors (Lipinski definition) is 3. The molecule has 0 saturated heterocycles. The maximum Gasteiger partial charge on any atom is 0.321 e. The second-order valence-corrected chi connectivity index (χ2v) is 6.20. The van der Waals surface area contributed by atoms with Gasteiger partial charge in [0.05, 0.1) is 0 Å². The molecule has 0 spiro atoms. The van der Waals surface area contributed by atoms with Gasteiger partial charge in [-0.3, -0.25) is 9.36 Å². The van der Waals surface area contributed by atoms with E-state index in [9.17, 15) is 18.4 Å². The first-order valence-corrected chi connectivity index (χ1v) is 8.38. The van der Waals surface area contributed by atoms with Crippen molar-refractivity contribution in [1.82, 2.24) is 15.2 Å². The average Bonchev–Trinajstić information content (AvgIpc) is 3.40. The van der Waals surface area contributed by atoms with Gasteiger partial charge in [0.1, 0.15) is 0 Å². The van der Waals surface area contributed by atoms with Crippen LogP contribution in [0.3, 0.4) is 0 Å². The molecule has 1 aliphatic rings. The molecular formula is C18H20F2N4O2. The van der Waals surface area contributed by atoms with Gasteiger partial charge in [0.2, 0.25) is 0 Å². The molecule has 1 saturated carbocycles. The molecule has 1 aromatic heterocycles. The molecule has 6 nitrogen and oxygen atoms in total. The summed E-state index contributed by atoms with van der Waals surface area (Å²) in [5.74, 6) is 0. The van der Waals surface area contributed by atoms with E-state index >= 15 is 0 Å². The van der Waals surface area contributed by atoms with Crippen LogP contribution < -0.4 is 21.5 Å². The highest BCUT2D eigenvalue weighted by atomic mass is 19.3. The largest absolute Gasteiger partial charge is 0.335 e. The Morgan fingerprint density at radius 3 is 2.73 bits per heavy atom. The van der Waals surface area contributed by atoms with Crippen LogP contribution in [-0.2, 0) is 13.1 Å². The Hall–Kier alpha value is -2.74. The Morgan fingerprint density at radius 1 is 1.19 bits per heavy atom. The second kappa shape index (κ2) is 8.09. The van der Waals surface area contributed by atoms with Gasteiger partial charge in [-0.05, 0) is 36.6 Å². The average molecular weight is 362 g/mol. The molecule has 138 valence electrons. The summed E-state index contributed by atoms with van der Waals surface area (Å²) in [4.78, 5) is 23.7. The number of benzene rings is 1. The number of halogens is 2. The first kappa shape index (κ1) is 18.1. The van der Waals surface area contributed by atoms with Crippen LogP contribution in [-0.4, -0.2) is 16.6 Å². The third-order valence-corrected chi connectivity index (χ3v) is 4.01. The number of nitrogens with one attached hydrogen (secondary N) is 3. The number of amides is 2. The number of carbonyl (C=O) groups is 1. The maximum atomic E-state index is 12.7. The zero-order chi connectivity index (χ0) is 18.5. The van der Waals surface area contributed by atoms with Crippen LogP contribution in [0, 0.1) is 0 Å². The third kappa shape index (κ3) is 4.89. The number of anilines is 1. The van der Waals surface area contributed by atoms with E-state index in [0.717, 1.165) is 24.6 Å². The fraction of sp³-hybridized carbons (Fsp3) is 0.333. The van der Waals surface area contributed by atoms with Crippen molar-refractivity contribution in [1.29, 1.82) is 0 Å². The zero-order valence-electron chi connectivity index (χ0n) is 14.0. The van der Waals surface area contributed by atoms with Crippen molar-refractivity contribution >= 4 is 11.7 Å². The molecule has 1 aromatic carbocycles. The van der Waals surface area contributed by atoms with E-state index in [0.29, 0.717) is 16.8 Å². The Labute approximate surface area is 149 Å². The van der Waals surface area contributed by atoms with Gasteiger partial charge >= 0.3 is 12.6 Å². The van der Waals surface area contributed by atoms with Crippen molar-refractivity contribution in [2.24, 2.45) is 0 Å². The molecule has 1 fully saturated rings. The van der Waals surface area contributed by atoms with Gasteiger partial charge in [0, 0.05) is 36.6 Å². The molecule has 8 heteroatoms. The van der Waals surface area contributed by atoms with Crippen molar-refractivity contribution in [2.45, 2.75) is 38.5 Å². The smallest absolute Gasteiger partial charge is 0.321 e. The Balaban J connectivity index is 1.55. The number of alkyl halides is 2. The Morgan fingerprint density at radius 2 is 2.00 bits per heavy atom. The minimum Gasteiger partial charge on any atom is -0.335 e. The van der Waals surface area contributed by atoms with Crippen LogP contribution in [0.1, 0.15) is 30.5 Å². The lowest BCUT2D eigenvalue weighted by molar-refractivity contribution is 0.0660. The van der Waals surface area contributed by atoms with Crippen molar-refractivity contribution < 1.29 is 13.6 Å². The van der Waals surface area contributed by atoms with Crippen LogP contribution in [0.25, 0.3) is 0 Å². The summed E-state index contributed by atoms with van der Waals surface area (Å²) >= 11 is 0. The minimum absolute atomic E-state index is 0.173. The van der Waals surface area contributed by atoms with Gasteiger partial charge < -0.3 is 16.0 Å². The highest BCUT2D eigenvalue weighted by molar-refractivity contribution is 5.89. The third-order valence-electron chi connectivity index (χ3n) is 4.01. The van der Waals surface area contributed by atoms with E-state index in [-0.39, 0.29) is 24.2 Å². The molecular weight excluding hydrogens is 342 g/mol. The highest BCUT2D eigenvalue weighted by Crippen LogP contribution is 2.19. The summed E-state index contributed by atoms with van der Waals surface area (Å²) in [6, 6.07) is 10.3. The predicted molar refractivity (Wildman–Crippen MR) is 94.1 cm³/mol. The number of nitrogens with zero attached hydrogens (tertiary/aromatic N) is 1. The number of pyridine rings is 1. The summed E-state index contributed by atoms with van der Waals surface area (Å²) in [6.45, 7) is -2.25. The van der Waals surface area contributed by atoms with Crippen LogP contribution in [0.15, 0.2) is 47.4 Å². The normalized spacial score (nSPS) is 13.7. The van der Waals surface area contributed by atoms with Gasteiger partial charge in [-0.1, -0.05) is 18.2 Å². The SMILES string of the molecule is O=C(Nc1cccc(CNCc2cccn(C(F)F)c2=O)c1)NC1CC1. The van der Waals surface area contributed by atoms with Crippen LogP contribution in [0.5, 0.6) is 0 Å². The number of carbonyl (C=O) groups excluding carboxylic acids is 1. The summed E-state index contributed by atoms with van der Waals surface area (Å²) in [5, 5.41) is 8.68. The van der Waals surface area contributed by atoms with E-state index in [2.05, 4.69) is 16.0 Å². The van der Waals surface area contributed by atoms with Gasteiger partial charge in [-0.15, -0.1) is 0 Å². The molecule has 2 aromatic rings. The van der Waals surface area contributed by atoms with Crippen molar-refractivity contribution in [3.8, 4) is 0 Å². The molecule has 1 heterocycles. The standard InChI is InChI=1S/C18H20F2N4O2/c19-17(20)24-8-2-4-13(16(24)25)11-21-10-12-3-1-5-15(9-12)23-18(26)22-14-6-7-14/h1-5,8-9,14,17,21H,6-7,10-11H2,(H2,22,23,26). The molecule has 0 atom stereocenters. The lowest BCUT2D eigenvalue weighted by atomic mass is 10.2. The fourth-order valence-electron chi connectivity index (χ4n) is 2.53. The summed E-state index contributed by atoms with van der Waals surface area (Å²) < 4.78 is 25.9. The lowest BCUT2D eigenvalue weighted by Gasteiger charge is -2.10. The number of urea groups is 1. The first-order chi connectivity index (χ1) is 12.5. The summed E-state index contributed by atoms with van der Waals surface area (Å²) in [5.41, 5.74) is 1.13. The topological polar surface area (TPSA) is 75.2 Å². The van der Waals surface area contributed by atoms with E-state index in [1.54, 1.807) is 6.07 Å². The fourth-order valence-corrected chi connectivity index (χ4v) is 2.53.